The molecule has 1 aromatic carbocycles. The first-order valence-corrected chi connectivity index (χ1v) is 6.25. The third-order valence-electron chi connectivity index (χ3n) is 4.56. The van der Waals surface area contributed by atoms with Gasteiger partial charge in [0, 0.05) is 24.6 Å². The van der Waals surface area contributed by atoms with E-state index in [2.05, 4.69) is 23.8 Å². The fourth-order valence-corrected chi connectivity index (χ4v) is 3.83. The average Bonchev–Trinajstić information content (AvgIpc) is 2.74. The molecular formula is C14H18N2O2. The van der Waals surface area contributed by atoms with Gasteiger partial charge < -0.3 is 10.0 Å². The van der Waals surface area contributed by atoms with Crippen LogP contribution in [0.2, 0.25) is 0 Å². The maximum Gasteiger partial charge on any atom is 0.152 e. The highest BCUT2D eigenvalue weighted by Gasteiger charge is 2.52. The lowest BCUT2D eigenvalue weighted by Crippen LogP contribution is -2.45. The first kappa shape index (κ1) is 11.5. The van der Waals surface area contributed by atoms with E-state index in [4.69, 9.17) is 0 Å². The molecule has 0 bridgehead atoms. The smallest absolute Gasteiger partial charge is 0.152 e. The van der Waals surface area contributed by atoms with Gasteiger partial charge in [-0.3, -0.25) is 9.69 Å². The molecule has 0 unspecified atom stereocenters. The van der Waals surface area contributed by atoms with Crippen LogP contribution in [0.3, 0.4) is 0 Å². The molecule has 0 saturated carbocycles. The normalized spacial score (nSPS) is 30.4. The molecule has 96 valence electrons. The Kier molecular flexibility index (Phi) is 2.23. The second-order valence-electron chi connectivity index (χ2n) is 5.68. The Labute approximate surface area is 107 Å². The summed E-state index contributed by atoms with van der Waals surface area (Å²) < 4.78 is 0. The molecule has 1 N–H and O–H groups in total. The topological polar surface area (TPSA) is 43.8 Å². The highest BCUT2D eigenvalue weighted by molar-refractivity contribution is 5.89. The first-order chi connectivity index (χ1) is 8.49. The predicted molar refractivity (Wildman–Crippen MR) is 70.3 cm³/mol. The highest BCUT2D eigenvalue weighted by atomic mass is 16.3. The van der Waals surface area contributed by atoms with Crippen molar-refractivity contribution in [2.75, 3.05) is 25.5 Å². The quantitative estimate of drug-likeness (QED) is 0.764. The zero-order valence-electron chi connectivity index (χ0n) is 11.0. The van der Waals surface area contributed by atoms with E-state index in [1.807, 2.05) is 13.1 Å². The third-order valence-corrected chi connectivity index (χ3v) is 4.56. The maximum atomic E-state index is 11.2. The van der Waals surface area contributed by atoms with E-state index in [1.165, 1.54) is 0 Å². The minimum Gasteiger partial charge on any atom is -0.508 e. The van der Waals surface area contributed by atoms with Crippen LogP contribution in [0, 0.1) is 0 Å². The minimum atomic E-state index is -0.00463. The van der Waals surface area contributed by atoms with Crippen molar-refractivity contribution in [3.63, 3.8) is 0 Å². The molecule has 4 heteroatoms. The Balaban J connectivity index is 2.27. The van der Waals surface area contributed by atoms with E-state index in [1.54, 1.807) is 6.07 Å². The van der Waals surface area contributed by atoms with Crippen LogP contribution in [0.4, 0.5) is 5.69 Å². The number of aromatic hydroxyl groups is 1. The zero-order valence-corrected chi connectivity index (χ0v) is 11.0. The van der Waals surface area contributed by atoms with Crippen LogP contribution in [-0.4, -0.2) is 43.1 Å². The number of likely N-dealkylation sites (N-methyl/N-ethyl adjacent to an activating group) is 2. The molecule has 1 saturated heterocycles. The van der Waals surface area contributed by atoms with Crippen molar-refractivity contribution in [3.8, 4) is 5.75 Å². The molecule has 1 aromatic rings. The molecule has 0 radical (unpaired) electrons. The number of carbonyl (C=O) groups is 1. The number of rotatable bonds is 1. The number of hydrogen-bond donors (Lipinski definition) is 1. The Morgan fingerprint density at radius 2 is 2.17 bits per heavy atom. The van der Waals surface area contributed by atoms with Crippen LogP contribution >= 0.6 is 0 Å². The number of hydrogen-bond acceptors (Lipinski definition) is 4. The van der Waals surface area contributed by atoms with E-state index in [0.29, 0.717) is 5.56 Å². The first-order valence-electron chi connectivity index (χ1n) is 6.25. The fraction of sp³-hybridized carbons (Fsp3) is 0.500. The van der Waals surface area contributed by atoms with E-state index >= 15 is 0 Å². The zero-order chi connectivity index (χ0) is 13.1. The largest absolute Gasteiger partial charge is 0.508 e. The molecule has 2 aliphatic heterocycles. The summed E-state index contributed by atoms with van der Waals surface area (Å²) in [6.45, 7) is 3.26. The van der Waals surface area contributed by atoms with Crippen LogP contribution in [0.15, 0.2) is 12.1 Å². The predicted octanol–water partition coefficient (Wildman–Crippen LogP) is 1.57. The minimum absolute atomic E-state index is 0.00463. The van der Waals surface area contributed by atoms with Crippen LogP contribution in [0.1, 0.15) is 29.3 Å². The van der Waals surface area contributed by atoms with Gasteiger partial charge in [0.1, 0.15) is 5.75 Å². The van der Waals surface area contributed by atoms with Crippen molar-refractivity contribution in [1.29, 1.82) is 0 Å². The van der Waals surface area contributed by atoms with Crippen molar-refractivity contribution in [1.82, 2.24) is 4.90 Å². The average molecular weight is 246 g/mol. The van der Waals surface area contributed by atoms with Crippen LogP contribution in [0.25, 0.3) is 0 Å². The highest BCUT2D eigenvalue weighted by Crippen LogP contribution is 2.52. The number of phenols is 1. The van der Waals surface area contributed by atoms with Gasteiger partial charge in [-0.25, -0.2) is 0 Å². The molecule has 0 amide bonds. The summed E-state index contributed by atoms with van der Waals surface area (Å²) in [6, 6.07) is 3.37. The number of carbonyl (C=O) groups excluding carboxylic acids is 1. The molecule has 0 aromatic heterocycles. The van der Waals surface area contributed by atoms with Crippen molar-refractivity contribution in [3.05, 3.63) is 23.3 Å². The molecule has 2 heterocycles. The second-order valence-corrected chi connectivity index (χ2v) is 5.68. The monoisotopic (exact) mass is 246 g/mol. The molecule has 18 heavy (non-hydrogen) atoms. The van der Waals surface area contributed by atoms with Crippen molar-refractivity contribution >= 4 is 12.0 Å². The fourth-order valence-electron chi connectivity index (χ4n) is 3.83. The summed E-state index contributed by atoms with van der Waals surface area (Å²) in [4.78, 5) is 15.7. The Morgan fingerprint density at radius 1 is 1.44 bits per heavy atom. The van der Waals surface area contributed by atoms with Crippen molar-refractivity contribution < 1.29 is 9.90 Å². The van der Waals surface area contributed by atoms with Crippen molar-refractivity contribution in [2.24, 2.45) is 0 Å². The molecule has 0 aliphatic carbocycles. The van der Waals surface area contributed by atoms with Crippen molar-refractivity contribution in [2.45, 2.75) is 24.9 Å². The number of anilines is 1. The number of fused-ring (bicyclic) bond motifs is 3. The summed E-state index contributed by atoms with van der Waals surface area (Å²) in [7, 11) is 4.14. The summed E-state index contributed by atoms with van der Waals surface area (Å²) in [5, 5.41) is 9.80. The SMILES string of the molecule is CN1CC[C@@]2(C)c3cc(O)cc(C=O)c3N(C)[C@@H]12. The molecule has 2 aliphatic rings. The number of phenolic OH excluding ortho intramolecular Hbond substituents is 1. The van der Waals surface area contributed by atoms with Gasteiger partial charge in [0.15, 0.2) is 6.29 Å². The molecule has 3 rings (SSSR count). The molecule has 4 nitrogen and oxygen atoms in total. The van der Waals surface area contributed by atoms with Crippen LogP contribution in [-0.2, 0) is 5.41 Å². The lowest BCUT2D eigenvalue weighted by atomic mass is 9.81. The van der Waals surface area contributed by atoms with Gasteiger partial charge >= 0.3 is 0 Å². The second kappa shape index (κ2) is 3.48. The van der Waals surface area contributed by atoms with E-state index in [-0.39, 0.29) is 17.3 Å². The number of aldehydes is 1. The third kappa shape index (κ3) is 1.21. The summed E-state index contributed by atoms with van der Waals surface area (Å²) in [5.41, 5.74) is 2.65. The molecular weight excluding hydrogens is 228 g/mol. The van der Waals surface area contributed by atoms with Gasteiger partial charge in [0.25, 0.3) is 0 Å². The maximum absolute atomic E-state index is 11.2. The van der Waals surface area contributed by atoms with E-state index < -0.39 is 0 Å². The number of nitrogens with zero attached hydrogens (tertiary/aromatic N) is 2. The molecule has 0 spiro atoms. The van der Waals surface area contributed by atoms with Gasteiger partial charge in [0.2, 0.25) is 0 Å². The Bertz CT molecular complexity index is 529. The lowest BCUT2D eigenvalue weighted by Gasteiger charge is -2.32. The summed E-state index contributed by atoms with van der Waals surface area (Å²) in [5.74, 6) is 0.181. The lowest BCUT2D eigenvalue weighted by molar-refractivity contribution is 0.112. The Hall–Kier alpha value is -1.55. The van der Waals surface area contributed by atoms with Crippen LogP contribution < -0.4 is 4.90 Å². The number of benzene rings is 1. The standard InChI is InChI=1S/C14H18N2O2/c1-14-4-5-15(2)13(14)16(3)12-9(8-17)6-10(18)7-11(12)14/h6-8,13,18H,4-5H2,1-3H3/t13-,14+/m1/s1. The summed E-state index contributed by atoms with van der Waals surface area (Å²) in [6.07, 6.45) is 2.15. The van der Waals surface area contributed by atoms with E-state index in [9.17, 15) is 9.90 Å². The molecule has 2 atom stereocenters. The van der Waals surface area contributed by atoms with Crippen LogP contribution in [0.5, 0.6) is 5.75 Å². The van der Waals surface area contributed by atoms with Gasteiger partial charge in [-0.15, -0.1) is 0 Å². The molecule has 1 fully saturated rings. The van der Waals surface area contributed by atoms with Gasteiger partial charge in [-0.1, -0.05) is 6.92 Å². The summed E-state index contributed by atoms with van der Waals surface area (Å²) >= 11 is 0. The number of likely N-dealkylation sites (tertiary alicyclic amines) is 1. The van der Waals surface area contributed by atoms with E-state index in [0.717, 1.165) is 30.5 Å². The van der Waals surface area contributed by atoms with Gasteiger partial charge in [0.05, 0.1) is 11.9 Å². The Morgan fingerprint density at radius 3 is 2.83 bits per heavy atom. The van der Waals surface area contributed by atoms with Gasteiger partial charge in [-0.05, 0) is 31.2 Å². The van der Waals surface area contributed by atoms with Gasteiger partial charge in [-0.2, -0.15) is 0 Å².